The summed E-state index contributed by atoms with van der Waals surface area (Å²) in [6.45, 7) is 13.3. The number of unbranched alkanes of at least 4 members (excludes halogenated alkanes) is 11. The lowest BCUT2D eigenvalue weighted by Crippen LogP contribution is -2.22. The van der Waals surface area contributed by atoms with Crippen molar-refractivity contribution in [3.8, 4) is 0 Å². The van der Waals surface area contributed by atoms with Gasteiger partial charge in [0.15, 0.2) is 0 Å². The summed E-state index contributed by atoms with van der Waals surface area (Å²) in [5.41, 5.74) is -0.398. The summed E-state index contributed by atoms with van der Waals surface area (Å²) >= 11 is 0. The van der Waals surface area contributed by atoms with E-state index >= 15 is 0 Å². The Hall–Kier alpha value is -0.790. The minimum atomic E-state index is -0.398. The van der Waals surface area contributed by atoms with Crippen LogP contribution in [0.5, 0.6) is 0 Å². The van der Waals surface area contributed by atoms with Crippen molar-refractivity contribution in [2.24, 2.45) is 0 Å². The van der Waals surface area contributed by atoms with Crippen LogP contribution >= 0.6 is 0 Å². The number of rotatable bonds is 12. The molecule has 0 spiro atoms. The Morgan fingerprint density at radius 2 is 1.09 bits per heavy atom. The van der Waals surface area contributed by atoms with Gasteiger partial charge in [0.1, 0.15) is 5.60 Å². The number of hydrogen-bond donors (Lipinski definition) is 0. The lowest BCUT2D eigenvalue weighted by molar-refractivity contribution is -0.148. The fourth-order valence-electron chi connectivity index (χ4n) is 2.26. The summed E-state index contributed by atoms with van der Waals surface area (Å²) in [4.78, 5) is 10.5. The van der Waals surface area contributed by atoms with Crippen LogP contribution in [0, 0.1) is 0 Å². The standard InChI is InChI=1S/C14H30.C7H12O2/c1-3-5-7-9-11-13-14-12-10-8-6-4-2;1-5-6(8)9-7(2,3)4/h3-14H2,1-2H3;5H,1H2,2-4H3. The van der Waals surface area contributed by atoms with E-state index in [1.807, 2.05) is 20.8 Å². The van der Waals surface area contributed by atoms with E-state index in [0.29, 0.717) is 0 Å². The molecule has 0 aliphatic carbocycles. The Bertz CT molecular complexity index is 252. The molecule has 0 N–H and O–H groups in total. The van der Waals surface area contributed by atoms with E-state index in [-0.39, 0.29) is 5.97 Å². The molecule has 0 aliphatic heterocycles. The average Bonchev–Trinajstić information content (AvgIpc) is 2.48. The van der Waals surface area contributed by atoms with Gasteiger partial charge in [-0.3, -0.25) is 0 Å². The van der Waals surface area contributed by atoms with Gasteiger partial charge in [-0.15, -0.1) is 0 Å². The highest BCUT2D eigenvalue weighted by atomic mass is 16.6. The lowest BCUT2D eigenvalue weighted by Gasteiger charge is -2.17. The van der Waals surface area contributed by atoms with Crippen molar-refractivity contribution in [3.63, 3.8) is 0 Å². The minimum Gasteiger partial charge on any atom is -0.457 e. The molecule has 0 aromatic rings. The van der Waals surface area contributed by atoms with E-state index in [1.165, 1.54) is 77.0 Å². The van der Waals surface area contributed by atoms with Crippen molar-refractivity contribution < 1.29 is 9.53 Å². The third kappa shape index (κ3) is 26.4. The van der Waals surface area contributed by atoms with Crippen molar-refractivity contribution in [1.82, 2.24) is 0 Å². The zero-order valence-electron chi connectivity index (χ0n) is 16.6. The van der Waals surface area contributed by atoms with Gasteiger partial charge < -0.3 is 4.74 Å². The maximum Gasteiger partial charge on any atom is 0.330 e. The Balaban J connectivity index is 0. The molecule has 0 heterocycles. The number of esters is 1. The molecule has 0 aliphatic rings. The first-order valence-corrected chi connectivity index (χ1v) is 9.72. The van der Waals surface area contributed by atoms with Crippen LogP contribution < -0.4 is 0 Å². The van der Waals surface area contributed by atoms with Crippen LogP contribution in [0.25, 0.3) is 0 Å². The van der Waals surface area contributed by atoms with Gasteiger partial charge in [0.2, 0.25) is 0 Å². The molecule has 0 aromatic carbocycles. The fraction of sp³-hybridized carbons (Fsp3) is 0.857. The molecule has 0 aromatic heterocycles. The van der Waals surface area contributed by atoms with Crippen molar-refractivity contribution in [2.75, 3.05) is 0 Å². The Labute approximate surface area is 146 Å². The van der Waals surface area contributed by atoms with Crippen molar-refractivity contribution in [1.29, 1.82) is 0 Å². The highest BCUT2D eigenvalue weighted by molar-refractivity contribution is 5.81. The van der Waals surface area contributed by atoms with E-state index < -0.39 is 5.60 Å². The van der Waals surface area contributed by atoms with Crippen LogP contribution in [0.3, 0.4) is 0 Å². The highest BCUT2D eigenvalue weighted by Gasteiger charge is 2.12. The van der Waals surface area contributed by atoms with Crippen LogP contribution in [0.2, 0.25) is 0 Å². The first-order valence-electron chi connectivity index (χ1n) is 9.72. The van der Waals surface area contributed by atoms with Gasteiger partial charge in [-0.1, -0.05) is 97.5 Å². The molecule has 0 unspecified atom stereocenters. The van der Waals surface area contributed by atoms with Crippen molar-refractivity contribution in [3.05, 3.63) is 12.7 Å². The lowest BCUT2D eigenvalue weighted by atomic mass is 10.1. The quantitative estimate of drug-likeness (QED) is 0.215. The zero-order valence-corrected chi connectivity index (χ0v) is 16.6. The van der Waals surface area contributed by atoms with E-state index in [0.717, 1.165) is 6.08 Å². The first kappa shape index (κ1) is 24.5. The van der Waals surface area contributed by atoms with Gasteiger partial charge in [-0.2, -0.15) is 0 Å². The average molecular weight is 327 g/mol. The molecular weight excluding hydrogens is 284 g/mol. The predicted octanol–water partition coefficient (Wildman–Crippen LogP) is 7.22. The molecule has 2 nitrogen and oxygen atoms in total. The third-order valence-corrected chi connectivity index (χ3v) is 3.53. The SMILES string of the molecule is C=CC(=O)OC(C)(C)C.CCCCCCCCCCCCCC. The van der Waals surface area contributed by atoms with Crippen LogP contribution in [-0.2, 0) is 9.53 Å². The van der Waals surface area contributed by atoms with Gasteiger partial charge in [-0.05, 0) is 20.8 Å². The van der Waals surface area contributed by atoms with Crippen LogP contribution in [0.1, 0.15) is 112 Å². The summed E-state index contributed by atoms with van der Waals surface area (Å²) in [6, 6.07) is 0. The van der Waals surface area contributed by atoms with Crippen LogP contribution in [0.4, 0.5) is 0 Å². The normalized spacial score (nSPS) is 10.7. The minimum absolute atomic E-state index is 0.373. The first-order chi connectivity index (χ1) is 10.9. The predicted molar refractivity (Wildman–Crippen MR) is 103 cm³/mol. The van der Waals surface area contributed by atoms with Crippen LogP contribution in [-0.4, -0.2) is 11.6 Å². The topological polar surface area (TPSA) is 26.3 Å². The smallest absolute Gasteiger partial charge is 0.330 e. The van der Waals surface area contributed by atoms with Crippen molar-refractivity contribution in [2.45, 2.75) is 117 Å². The molecule has 0 radical (unpaired) electrons. The van der Waals surface area contributed by atoms with Crippen LogP contribution in [0.15, 0.2) is 12.7 Å². The second-order valence-electron chi connectivity index (χ2n) is 7.27. The van der Waals surface area contributed by atoms with E-state index in [9.17, 15) is 4.79 Å². The zero-order chi connectivity index (χ0) is 18.0. The monoisotopic (exact) mass is 326 g/mol. The van der Waals surface area contributed by atoms with Crippen molar-refractivity contribution >= 4 is 5.97 Å². The Morgan fingerprint density at radius 3 is 1.26 bits per heavy atom. The maximum atomic E-state index is 10.5. The van der Waals surface area contributed by atoms with Gasteiger partial charge in [0.05, 0.1) is 0 Å². The van der Waals surface area contributed by atoms with E-state index in [1.54, 1.807) is 0 Å². The second kappa shape index (κ2) is 17.6. The van der Waals surface area contributed by atoms with Gasteiger partial charge in [0.25, 0.3) is 0 Å². The molecule has 0 rings (SSSR count). The summed E-state index contributed by atoms with van der Waals surface area (Å²) in [5.74, 6) is -0.373. The van der Waals surface area contributed by atoms with Gasteiger partial charge in [-0.25, -0.2) is 4.79 Å². The summed E-state index contributed by atoms with van der Waals surface area (Å²) < 4.78 is 4.83. The van der Waals surface area contributed by atoms with Gasteiger partial charge in [0, 0.05) is 6.08 Å². The molecule has 0 atom stereocenters. The number of ether oxygens (including phenoxy) is 1. The molecule has 0 amide bonds. The Morgan fingerprint density at radius 1 is 0.783 bits per heavy atom. The largest absolute Gasteiger partial charge is 0.457 e. The third-order valence-electron chi connectivity index (χ3n) is 3.53. The number of hydrogen-bond acceptors (Lipinski definition) is 2. The molecular formula is C21H42O2. The Kier molecular flexibility index (Phi) is 18.7. The fourth-order valence-corrected chi connectivity index (χ4v) is 2.26. The second-order valence-corrected chi connectivity index (χ2v) is 7.27. The highest BCUT2D eigenvalue weighted by Crippen LogP contribution is 2.11. The summed E-state index contributed by atoms with van der Waals surface area (Å²) in [7, 11) is 0. The number of carbonyl (C=O) groups excluding carboxylic acids is 1. The molecule has 0 fully saturated rings. The summed E-state index contributed by atoms with van der Waals surface area (Å²) in [5, 5.41) is 0. The van der Waals surface area contributed by atoms with Gasteiger partial charge >= 0.3 is 5.97 Å². The van der Waals surface area contributed by atoms with E-state index in [2.05, 4.69) is 20.4 Å². The molecule has 2 heteroatoms. The molecule has 0 saturated heterocycles. The maximum absolute atomic E-state index is 10.5. The molecule has 23 heavy (non-hydrogen) atoms. The molecule has 138 valence electrons. The molecule has 0 bridgehead atoms. The molecule has 0 saturated carbocycles. The summed E-state index contributed by atoms with van der Waals surface area (Å²) in [6.07, 6.45) is 18.6. The van der Waals surface area contributed by atoms with E-state index in [4.69, 9.17) is 4.74 Å². The number of carbonyl (C=O) groups is 1.